The molecule has 0 saturated heterocycles. The highest BCUT2D eigenvalue weighted by atomic mass is 16.1. The van der Waals surface area contributed by atoms with E-state index in [0.29, 0.717) is 12.2 Å². The molecule has 4 nitrogen and oxygen atoms in total. The first-order valence-corrected chi connectivity index (χ1v) is 15.1. The Bertz CT molecular complexity index is 1370. The molecular formula is C36H51N3O+2. The van der Waals surface area contributed by atoms with Crippen molar-refractivity contribution in [2.75, 3.05) is 25.5 Å². The highest BCUT2D eigenvalue weighted by molar-refractivity contribution is 6.07. The third-order valence-electron chi connectivity index (χ3n) is 9.08. The highest BCUT2D eigenvalue weighted by Gasteiger charge is 2.53. The van der Waals surface area contributed by atoms with Crippen LogP contribution in [0.1, 0.15) is 92.2 Å². The smallest absolute Gasteiger partial charge is 0.209 e. The summed E-state index contributed by atoms with van der Waals surface area (Å²) < 4.78 is 4.86. The van der Waals surface area contributed by atoms with Gasteiger partial charge in [0, 0.05) is 48.5 Å². The van der Waals surface area contributed by atoms with Crippen LogP contribution in [0.25, 0.3) is 0 Å². The van der Waals surface area contributed by atoms with Gasteiger partial charge >= 0.3 is 0 Å². The van der Waals surface area contributed by atoms with Gasteiger partial charge in [-0.2, -0.15) is 4.58 Å². The lowest BCUT2D eigenvalue weighted by Crippen LogP contribution is -2.43. The van der Waals surface area contributed by atoms with Gasteiger partial charge in [-0.3, -0.25) is 4.79 Å². The highest BCUT2D eigenvalue weighted by Crippen LogP contribution is 2.47. The third kappa shape index (κ3) is 5.47. The second-order valence-electron chi connectivity index (χ2n) is 13.8. The van der Waals surface area contributed by atoms with E-state index in [4.69, 9.17) is 0 Å². The van der Waals surface area contributed by atoms with Crippen LogP contribution in [0.4, 0.5) is 11.4 Å². The number of fused-ring (bicyclic) bond motifs is 2. The molecule has 2 aromatic carbocycles. The summed E-state index contributed by atoms with van der Waals surface area (Å²) in [6.07, 6.45) is 8.53. The maximum atomic E-state index is 12.1. The van der Waals surface area contributed by atoms with Gasteiger partial charge in [0.15, 0.2) is 18.1 Å². The maximum Gasteiger partial charge on any atom is 0.209 e. The number of carbonyl (C=O) groups is 1. The van der Waals surface area contributed by atoms with Gasteiger partial charge in [0.05, 0.1) is 11.1 Å². The molecule has 214 valence electrons. The molecule has 2 heterocycles. The molecule has 0 atom stereocenters. The first-order chi connectivity index (χ1) is 18.7. The van der Waals surface area contributed by atoms with E-state index in [1.54, 1.807) is 0 Å². The molecule has 0 unspecified atom stereocenters. The largest absolute Gasteiger partial charge is 0.342 e. The van der Waals surface area contributed by atoms with Crippen molar-refractivity contribution in [1.29, 1.82) is 0 Å². The first-order valence-electron chi connectivity index (χ1n) is 15.1. The van der Waals surface area contributed by atoms with E-state index in [0.717, 1.165) is 25.8 Å². The SMILES string of the molecule is CC(C)C(=O)CCCCC[N+]1=C(C(C)(C)C=[N+](C)/C=C2\N(C)c3ccccc3C2(C)C)C(C)(C)c2ccccc21. The Labute approximate surface area is 243 Å². The number of carbonyl (C=O) groups excluding carboxylic acids is 1. The number of hydrogen-bond acceptors (Lipinski definition) is 2. The monoisotopic (exact) mass is 541 g/mol. The molecule has 2 aliphatic heterocycles. The van der Waals surface area contributed by atoms with Crippen LogP contribution >= 0.6 is 0 Å². The van der Waals surface area contributed by atoms with Crippen molar-refractivity contribution in [3.8, 4) is 0 Å². The molecule has 0 N–H and O–H groups in total. The number of allylic oxidation sites excluding steroid dienone is 1. The van der Waals surface area contributed by atoms with Crippen molar-refractivity contribution in [2.24, 2.45) is 11.3 Å². The summed E-state index contributed by atoms with van der Waals surface area (Å²) in [6.45, 7) is 19.1. The fourth-order valence-electron chi connectivity index (χ4n) is 7.27. The molecule has 0 radical (unpaired) electrons. The Kier molecular flexibility index (Phi) is 8.32. The van der Waals surface area contributed by atoms with E-state index in [9.17, 15) is 4.79 Å². The van der Waals surface area contributed by atoms with Crippen LogP contribution in [0.3, 0.4) is 0 Å². The minimum atomic E-state index is -0.184. The summed E-state index contributed by atoms with van der Waals surface area (Å²) in [6, 6.07) is 17.6. The molecule has 0 aromatic heterocycles. The molecule has 0 amide bonds. The number of Topliss-reactive ketones (excluding diaryl/α,β-unsaturated/α-hetero) is 1. The minimum absolute atomic E-state index is 0.0589. The summed E-state index contributed by atoms with van der Waals surface area (Å²) in [5.74, 6) is 0.519. The predicted molar refractivity (Wildman–Crippen MR) is 170 cm³/mol. The lowest BCUT2D eigenvalue weighted by atomic mass is 9.71. The van der Waals surface area contributed by atoms with Gasteiger partial charge in [-0.05, 0) is 66.0 Å². The van der Waals surface area contributed by atoms with Gasteiger partial charge < -0.3 is 4.90 Å². The molecule has 2 aromatic rings. The van der Waals surface area contributed by atoms with Crippen LogP contribution in [-0.2, 0) is 15.6 Å². The topological polar surface area (TPSA) is 26.3 Å². The summed E-state index contributed by atoms with van der Waals surface area (Å²) in [5.41, 5.74) is 7.80. The average molecular weight is 542 g/mol. The number of rotatable bonds is 10. The minimum Gasteiger partial charge on any atom is -0.342 e. The maximum absolute atomic E-state index is 12.1. The summed E-state index contributed by atoms with van der Waals surface area (Å²) in [4.78, 5) is 14.5. The second-order valence-corrected chi connectivity index (χ2v) is 13.8. The molecule has 0 aliphatic carbocycles. The number of anilines is 1. The van der Waals surface area contributed by atoms with Crippen molar-refractivity contribution < 1.29 is 13.9 Å². The number of likely N-dealkylation sites (N-methyl/N-ethyl adjacent to an activating group) is 1. The van der Waals surface area contributed by atoms with Gasteiger partial charge in [0.1, 0.15) is 24.8 Å². The van der Waals surface area contributed by atoms with Crippen LogP contribution in [-0.4, -0.2) is 47.5 Å². The molecule has 40 heavy (non-hydrogen) atoms. The van der Waals surface area contributed by atoms with E-state index in [2.05, 4.69) is 131 Å². The Morgan fingerprint density at radius 3 is 2.23 bits per heavy atom. The average Bonchev–Trinajstić information content (AvgIpc) is 3.23. The van der Waals surface area contributed by atoms with Gasteiger partial charge in [0.2, 0.25) is 5.69 Å². The number of benzene rings is 2. The summed E-state index contributed by atoms with van der Waals surface area (Å²) in [5, 5.41) is 0. The normalized spacial score (nSPS) is 19.0. The third-order valence-corrected chi connectivity index (χ3v) is 9.08. The van der Waals surface area contributed by atoms with Crippen LogP contribution < -0.4 is 4.90 Å². The van der Waals surface area contributed by atoms with Crippen molar-refractivity contribution in [3.63, 3.8) is 0 Å². The fourth-order valence-corrected chi connectivity index (χ4v) is 7.27. The Morgan fingerprint density at radius 1 is 0.950 bits per heavy atom. The van der Waals surface area contributed by atoms with Crippen molar-refractivity contribution in [1.82, 2.24) is 0 Å². The Balaban J connectivity index is 1.66. The number of unbranched alkanes of at least 4 members (excludes halogenated alkanes) is 2. The number of nitrogens with zero attached hydrogens (tertiary/aromatic N) is 3. The zero-order valence-electron chi connectivity index (χ0n) is 26.6. The molecule has 2 aliphatic rings. The zero-order chi connectivity index (χ0) is 29.5. The van der Waals surface area contributed by atoms with Crippen molar-refractivity contribution in [3.05, 3.63) is 71.6 Å². The molecule has 0 saturated carbocycles. The summed E-state index contributed by atoms with van der Waals surface area (Å²) >= 11 is 0. The number of ketones is 1. The fraction of sp³-hybridized carbons (Fsp3) is 0.528. The lowest BCUT2D eigenvalue weighted by Gasteiger charge is -2.26. The van der Waals surface area contributed by atoms with E-state index < -0.39 is 0 Å². The molecule has 4 rings (SSSR count). The molecule has 0 bridgehead atoms. The quantitative estimate of drug-likeness (QED) is 0.174. The number of hydrogen-bond donors (Lipinski definition) is 0. The standard InChI is InChI=1S/C36H51N3O/c1-26(2)31(40)22-12-11-17-23-39-30-21-16-14-19-28(30)36(7,8)33(39)34(3,4)25-37(9)24-32-35(5,6)27-18-13-15-20-29(27)38(32)10/h13-16,18-21,24-26H,11-12,17,22-23H2,1-10H3/q+2/b32-24-,37-25?. The van der Waals surface area contributed by atoms with Gasteiger partial charge in [-0.1, -0.05) is 50.2 Å². The Morgan fingerprint density at radius 2 is 1.57 bits per heavy atom. The molecule has 0 fully saturated rings. The van der Waals surface area contributed by atoms with E-state index >= 15 is 0 Å². The van der Waals surface area contributed by atoms with E-state index in [1.807, 2.05) is 13.8 Å². The van der Waals surface area contributed by atoms with Crippen LogP contribution in [0.15, 0.2) is 60.4 Å². The van der Waals surface area contributed by atoms with Gasteiger partial charge in [-0.15, -0.1) is 0 Å². The second kappa shape index (κ2) is 11.1. The summed E-state index contributed by atoms with van der Waals surface area (Å²) in [7, 11) is 4.35. The van der Waals surface area contributed by atoms with Crippen molar-refractivity contribution in [2.45, 2.75) is 91.9 Å². The van der Waals surface area contributed by atoms with Gasteiger partial charge in [0.25, 0.3) is 0 Å². The zero-order valence-corrected chi connectivity index (χ0v) is 26.6. The molecule has 0 spiro atoms. The lowest BCUT2D eigenvalue weighted by molar-refractivity contribution is -0.445. The predicted octanol–water partition coefficient (Wildman–Crippen LogP) is 7.86. The number of para-hydroxylation sites is 2. The molecular weight excluding hydrogens is 490 g/mol. The van der Waals surface area contributed by atoms with E-state index in [-0.39, 0.29) is 22.2 Å². The van der Waals surface area contributed by atoms with E-state index in [1.165, 1.54) is 33.9 Å². The van der Waals surface area contributed by atoms with Gasteiger partial charge in [-0.25, -0.2) is 4.58 Å². The molecule has 4 heteroatoms. The first kappa shape index (κ1) is 30.0. The van der Waals surface area contributed by atoms with Crippen LogP contribution in [0.2, 0.25) is 0 Å². The van der Waals surface area contributed by atoms with Crippen molar-refractivity contribution >= 4 is 29.1 Å². The Hall–Kier alpha value is -3.01. The van der Waals surface area contributed by atoms with Crippen LogP contribution in [0.5, 0.6) is 0 Å². The van der Waals surface area contributed by atoms with Crippen LogP contribution in [0, 0.1) is 11.3 Å².